The van der Waals surface area contributed by atoms with E-state index in [2.05, 4.69) is 25.6 Å². The molecule has 170 valence electrons. The van der Waals surface area contributed by atoms with Gasteiger partial charge in [0.05, 0.1) is 11.1 Å². The normalized spacial score (nSPS) is 11.4. The highest BCUT2D eigenvalue weighted by Gasteiger charge is 2.13. The summed E-state index contributed by atoms with van der Waals surface area (Å²) in [5.41, 5.74) is 2.63. The van der Waals surface area contributed by atoms with Crippen molar-refractivity contribution >= 4 is 33.2 Å². The molecule has 4 rings (SSSR count). The van der Waals surface area contributed by atoms with E-state index in [4.69, 9.17) is 5.14 Å². The average Bonchev–Trinajstić information content (AvgIpc) is 3.17. The van der Waals surface area contributed by atoms with Crippen molar-refractivity contribution in [3.63, 3.8) is 0 Å². The molecular weight excluding hydrogens is 445 g/mol. The van der Waals surface area contributed by atoms with Crippen LogP contribution in [0.4, 0.5) is 27.5 Å². The van der Waals surface area contributed by atoms with E-state index in [1.165, 1.54) is 6.07 Å². The summed E-state index contributed by atoms with van der Waals surface area (Å²) in [5.74, 6) is 0.359. The lowest BCUT2D eigenvalue weighted by atomic mass is 10.2. The van der Waals surface area contributed by atoms with Crippen molar-refractivity contribution in [3.8, 4) is 0 Å². The number of halogens is 1. The van der Waals surface area contributed by atoms with E-state index < -0.39 is 15.8 Å². The molecule has 0 amide bonds. The fraction of sp³-hybridized carbons (Fsp3) is 0.136. The Morgan fingerprint density at radius 1 is 1.03 bits per heavy atom. The Labute approximate surface area is 190 Å². The van der Waals surface area contributed by atoms with Crippen LogP contribution in [0.15, 0.2) is 66.0 Å². The van der Waals surface area contributed by atoms with Crippen molar-refractivity contribution in [2.75, 3.05) is 10.6 Å². The number of aryl methyl sites for hydroxylation is 2. The summed E-state index contributed by atoms with van der Waals surface area (Å²) in [4.78, 5) is 12.3. The van der Waals surface area contributed by atoms with Crippen LogP contribution < -0.4 is 15.8 Å². The van der Waals surface area contributed by atoms with Gasteiger partial charge in [0, 0.05) is 30.3 Å². The number of nitrogens with one attached hydrogen (secondary N) is 2. The molecule has 11 heteroatoms. The summed E-state index contributed by atoms with van der Waals surface area (Å²) in [5, 5.41) is 11.1. The minimum Gasteiger partial charge on any atom is -0.338 e. The van der Waals surface area contributed by atoms with E-state index in [0.717, 1.165) is 17.6 Å². The Bertz CT molecular complexity index is 1400. The van der Waals surface area contributed by atoms with Gasteiger partial charge in [-0.1, -0.05) is 18.2 Å². The highest BCUT2D eigenvalue weighted by atomic mass is 32.2. The maximum absolute atomic E-state index is 14.3. The number of hydrogen-bond acceptors (Lipinski definition) is 7. The van der Waals surface area contributed by atoms with Gasteiger partial charge < -0.3 is 15.2 Å². The number of nitrogens with two attached hydrogens (primary N) is 1. The molecule has 4 aromatic rings. The lowest BCUT2D eigenvalue weighted by Gasteiger charge is -2.11. The maximum atomic E-state index is 14.3. The van der Waals surface area contributed by atoms with Gasteiger partial charge >= 0.3 is 0 Å². The fourth-order valence-corrected chi connectivity index (χ4v) is 4.03. The highest BCUT2D eigenvalue weighted by molar-refractivity contribution is 7.89. The Hall–Kier alpha value is -3.83. The van der Waals surface area contributed by atoms with Gasteiger partial charge in [0.1, 0.15) is 5.82 Å². The summed E-state index contributed by atoms with van der Waals surface area (Å²) in [6, 6.07) is 12.2. The first-order chi connectivity index (χ1) is 15.7. The van der Waals surface area contributed by atoms with Crippen LogP contribution in [-0.4, -0.2) is 27.9 Å². The van der Waals surface area contributed by atoms with Crippen LogP contribution in [0.25, 0.3) is 0 Å². The third-order valence-electron chi connectivity index (χ3n) is 4.99. The smallest absolute Gasteiger partial charge is 0.238 e. The van der Waals surface area contributed by atoms with Crippen molar-refractivity contribution in [1.82, 2.24) is 19.5 Å². The zero-order valence-electron chi connectivity index (χ0n) is 17.9. The summed E-state index contributed by atoms with van der Waals surface area (Å²) in [6.45, 7) is 4.26. The lowest BCUT2D eigenvalue weighted by Crippen LogP contribution is -2.14. The van der Waals surface area contributed by atoms with Crippen molar-refractivity contribution < 1.29 is 12.8 Å². The number of rotatable bonds is 7. The van der Waals surface area contributed by atoms with E-state index in [9.17, 15) is 12.8 Å². The Morgan fingerprint density at radius 2 is 1.76 bits per heavy atom. The molecule has 0 spiro atoms. The number of sulfonamides is 1. The summed E-state index contributed by atoms with van der Waals surface area (Å²) >= 11 is 0. The van der Waals surface area contributed by atoms with Gasteiger partial charge in [0.15, 0.2) is 11.6 Å². The van der Waals surface area contributed by atoms with E-state index in [1.54, 1.807) is 25.3 Å². The van der Waals surface area contributed by atoms with Gasteiger partial charge in [-0.2, -0.15) is 4.98 Å². The first-order valence-corrected chi connectivity index (χ1v) is 11.5. The SMILES string of the molecule is Cc1ccc(Nc2ncc(F)c(Nc3ccc(Cn4ccnc4C)cc3)n2)cc1S(N)(=O)=O. The Balaban J connectivity index is 1.50. The molecule has 0 aliphatic carbocycles. The van der Waals surface area contributed by atoms with E-state index >= 15 is 0 Å². The molecular formula is C22H22FN7O2S. The van der Waals surface area contributed by atoms with Crippen LogP contribution in [0.5, 0.6) is 0 Å². The molecule has 2 heterocycles. The highest BCUT2D eigenvalue weighted by Crippen LogP contribution is 2.23. The van der Waals surface area contributed by atoms with Crippen LogP contribution in [0.1, 0.15) is 17.0 Å². The third kappa shape index (κ3) is 5.33. The molecule has 0 fully saturated rings. The third-order valence-corrected chi connectivity index (χ3v) is 6.04. The van der Waals surface area contributed by atoms with Crippen molar-refractivity contribution in [2.45, 2.75) is 25.3 Å². The molecule has 0 aliphatic heterocycles. The van der Waals surface area contributed by atoms with Crippen molar-refractivity contribution in [3.05, 3.63) is 83.8 Å². The Morgan fingerprint density at radius 3 is 2.42 bits per heavy atom. The molecule has 9 nitrogen and oxygen atoms in total. The van der Waals surface area contributed by atoms with E-state index in [-0.39, 0.29) is 16.7 Å². The first kappa shape index (κ1) is 22.4. The van der Waals surface area contributed by atoms with Gasteiger partial charge in [-0.05, 0) is 49.2 Å². The first-order valence-electron chi connectivity index (χ1n) is 9.96. The fourth-order valence-electron chi connectivity index (χ4n) is 3.23. The standard InChI is InChI=1S/C22H22FN7O2S/c1-14-3-6-18(11-20(14)33(24,31)32)28-22-26-12-19(23)21(29-22)27-17-7-4-16(5-8-17)13-30-10-9-25-15(30)2/h3-12H,13H2,1-2H3,(H2,24,31,32)(H2,26,27,28,29). The number of benzene rings is 2. The quantitative estimate of drug-likeness (QED) is 0.379. The second kappa shape index (κ2) is 8.96. The van der Waals surface area contributed by atoms with Crippen LogP contribution in [0.2, 0.25) is 0 Å². The van der Waals surface area contributed by atoms with E-state index in [1.807, 2.05) is 42.0 Å². The topological polar surface area (TPSA) is 128 Å². The summed E-state index contributed by atoms with van der Waals surface area (Å²) in [7, 11) is -3.88. The number of hydrogen-bond donors (Lipinski definition) is 3. The minimum absolute atomic E-state index is 0.0149. The maximum Gasteiger partial charge on any atom is 0.238 e. The van der Waals surface area contributed by atoms with Crippen molar-refractivity contribution in [1.29, 1.82) is 0 Å². The summed E-state index contributed by atoms with van der Waals surface area (Å²) in [6.07, 6.45) is 4.69. The van der Waals surface area contributed by atoms with Gasteiger partial charge in [0.2, 0.25) is 16.0 Å². The molecule has 2 aromatic heterocycles. The number of aromatic nitrogens is 4. The molecule has 0 atom stereocenters. The van der Waals surface area contributed by atoms with Gasteiger partial charge in [0.25, 0.3) is 0 Å². The second-order valence-corrected chi connectivity index (χ2v) is 8.99. The monoisotopic (exact) mass is 467 g/mol. The predicted octanol–water partition coefficient (Wildman–Crippen LogP) is 3.61. The number of anilines is 4. The molecule has 0 saturated heterocycles. The molecule has 0 saturated carbocycles. The average molecular weight is 468 g/mol. The Kier molecular flexibility index (Phi) is 6.07. The largest absolute Gasteiger partial charge is 0.338 e. The number of primary sulfonamides is 1. The zero-order valence-corrected chi connectivity index (χ0v) is 18.8. The van der Waals surface area contributed by atoms with Gasteiger partial charge in [-0.15, -0.1) is 0 Å². The molecule has 4 N–H and O–H groups in total. The molecule has 2 aromatic carbocycles. The van der Waals surface area contributed by atoms with Crippen LogP contribution in [0, 0.1) is 19.7 Å². The van der Waals surface area contributed by atoms with Crippen LogP contribution >= 0.6 is 0 Å². The number of nitrogens with zero attached hydrogens (tertiary/aromatic N) is 4. The summed E-state index contributed by atoms with van der Waals surface area (Å²) < 4.78 is 39.8. The zero-order chi connectivity index (χ0) is 23.6. The number of imidazole rings is 1. The molecule has 33 heavy (non-hydrogen) atoms. The second-order valence-electron chi connectivity index (χ2n) is 7.46. The predicted molar refractivity (Wildman–Crippen MR) is 124 cm³/mol. The van der Waals surface area contributed by atoms with Gasteiger partial charge in [-0.25, -0.2) is 27.9 Å². The lowest BCUT2D eigenvalue weighted by molar-refractivity contribution is 0.597. The van der Waals surface area contributed by atoms with Crippen LogP contribution in [-0.2, 0) is 16.6 Å². The molecule has 0 radical (unpaired) electrons. The molecule has 0 bridgehead atoms. The minimum atomic E-state index is -3.88. The molecule has 0 unspecified atom stereocenters. The van der Waals surface area contributed by atoms with E-state index in [0.29, 0.717) is 23.5 Å². The molecule has 0 aliphatic rings. The van der Waals surface area contributed by atoms with Crippen molar-refractivity contribution in [2.24, 2.45) is 5.14 Å². The van der Waals surface area contributed by atoms with Gasteiger partial charge in [-0.3, -0.25) is 0 Å². The van der Waals surface area contributed by atoms with Crippen LogP contribution in [0.3, 0.4) is 0 Å².